The molecule has 9 heteroatoms. The van der Waals surface area contributed by atoms with Crippen LogP contribution < -0.4 is 5.32 Å². The molecular formula is C14H16BF2NO5. The second-order valence-electron chi connectivity index (χ2n) is 5.45. The molecule has 0 bridgehead atoms. The zero-order valence-corrected chi connectivity index (χ0v) is 12.2. The van der Waals surface area contributed by atoms with E-state index >= 15 is 0 Å². The van der Waals surface area contributed by atoms with E-state index in [1.54, 1.807) is 0 Å². The smallest absolute Gasteiger partial charge is 0.478 e. The molecule has 1 aliphatic rings. The minimum atomic E-state index is -1.32. The van der Waals surface area contributed by atoms with E-state index in [2.05, 4.69) is 5.32 Å². The molecule has 1 amide bonds. The molecule has 1 heterocycles. The summed E-state index contributed by atoms with van der Waals surface area (Å²) in [7, 11) is -1.32. The van der Waals surface area contributed by atoms with Crippen LogP contribution in [0.4, 0.5) is 8.78 Å². The summed E-state index contributed by atoms with van der Waals surface area (Å²) >= 11 is 0. The number of halogens is 2. The molecule has 1 fully saturated rings. The third-order valence-electron chi connectivity index (χ3n) is 3.51. The number of carbonyl (C=O) groups is 2. The maximum atomic E-state index is 13.1. The lowest BCUT2D eigenvalue weighted by molar-refractivity contribution is -0.139. The topological polar surface area (TPSA) is 95.9 Å². The van der Waals surface area contributed by atoms with Crippen molar-refractivity contribution in [1.29, 1.82) is 0 Å². The Kier molecular flexibility index (Phi) is 5.67. The van der Waals surface area contributed by atoms with Crippen LogP contribution in [-0.4, -0.2) is 41.2 Å². The van der Waals surface area contributed by atoms with E-state index < -0.39 is 42.7 Å². The molecule has 1 aromatic rings. The van der Waals surface area contributed by atoms with Gasteiger partial charge in [-0.2, -0.15) is 0 Å². The van der Waals surface area contributed by atoms with Crippen LogP contribution in [0.2, 0.25) is 0 Å². The maximum absolute atomic E-state index is 13.1. The van der Waals surface area contributed by atoms with E-state index in [1.807, 2.05) is 0 Å². The van der Waals surface area contributed by atoms with Crippen molar-refractivity contribution >= 4 is 19.0 Å². The molecule has 1 aromatic carbocycles. The summed E-state index contributed by atoms with van der Waals surface area (Å²) in [5, 5.41) is 21.0. The Morgan fingerprint density at radius 3 is 2.48 bits per heavy atom. The summed E-state index contributed by atoms with van der Waals surface area (Å²) < 4.78 is 31.3. The molecule has 0 saturated carbocycles. The van der Waals surface area contributed by atoms with Gasteiger partial charge in [0.05, 0.1) is 24.9 Å². The molecule has 23 heavy (non-hydrogen) atoms. The van der Waals surface area contributed by atoms with Gasteiger partial charge in [-0.3, -0.25) is 9.59 Å². The number of rotatable bonds is 5. The highest BCUT2D eigenvalue weighted by Gasteiger charge is 2.36. The Hall–Kier alpha value is -2.00. The minimum Gasteiger partial charge on any atom is -0.481 e. The highest BCUT2D eigenvalue weighted by atomic mass is 19.1. The van der Waals surface area contributed by atoms with Crippen molar-refractivity contribution in [3.05, 3.63) is 35.4 Å². The van der Waals surface area contributed by atoms with Crippen LogP contribution in [0.15, 0.2) is 18.2 Å². The Balaban J connectivity index is 1.87. The molecule has 124 valence electrons. The minimum absolute atomic E-state index is 0.176. The zero-order valence-electron chi connectivity index (χ0n) is 12.2. The van der Waals surface area contributed by atoms with Crippen molar-refractivity contribution < 1.29 is 33.2 Å². The molecule has 3 N–H and O–H groups in total. The first-order chi connectivity index (χ1) is 10.8. The van der Waals surface area contributed by atoms with Crippen molar-refractivity contribution in [2.75, 3.05) is 0 Å². The standard InChI is InChI=1S/C14H16BF2NO5/c16-9-3-8(4-10(17)6-9)5-13(19)18-12-2-1-11(7-14(20)21)23-15(12)22/h3-4,6,11-12,22H,1-2,5,7H2,(H,18,19)(H,20,21)/t11-,12-/m0/s1. The van der Waals surface area contributed by atoms with Gasteiger partial charge in [0.25, 0.3) is 0 Å². The van der Waals surface area contributed by atoms with Gasteiger partial charge >= 0.3 is 13.1 Å². The van der Waals surface area contributed by atoms with Crippen molar-refractivity contribution in [3.8, 4) is 0 Å². The van der Waals surface area contributed by atoms with Crippen molar-refractivity contribution in [2.24, 2.45) is 0 Å². The molecule has 6 nitrogen and oxygen atoms in total. The molecule has 2 rings (SSSR count). The van der Waals surface area contributed by atoms with Crippen LogP contribution in [0.25, 0.3) is 0 Å². The van der Waals surface area contributed by atoms with Crippen molar-refractivity contribution in [2.45, 2.75) is 37.7 Å². The third kappa shape index (κ3) is 5.29. The van der Waals surface area contributed by atoms with Gasteiger partial charge < -0.3 is 20.1 Å². The number of nitrogens with one attached hydrogen (secondary N) is 1. The first-order valence-electron chi connectivity index (χ1n) is 7.13. The van der Waals surface area contributed by atoms with Crippen LogP contribution >= 0.6 is 0 Å². The number of hydrogen-bond acceptors (Lipinski definition) is 4. The number of hydrogen-bond donors (Lipinski definition) is 3. The molecule has 0 aromatic heterocycles. The number of carboxylic acid groups (broad SMARTS) is 1. The van der Waals surface area contributed by atoms with E-state index in [-0.39, 0.29) is 18.4 Å². The predicted octanol–water partition coefficient (Wildman–Crippen LogP) is 0.665. The fourth-order valence-electron chi connectivity index (χ4n) is 2.51. The Labute approximate surface area is 131 Å². The molecular weight excluding hydrogens is 311 g/mol. The lowest BCUT2D eigenvalue weighted by atomic mass is 9.72. The number of amides is 1. The van der Waals surface area contributed by atoms with Crippen molar-refractivity contribution in [1.82, 2.24) is 5.32 Å². The lowest BCUT2D eigenvalue weighted by Gasteiger charge is -2.30. The average molecular weight is 327 g/mol. The molecule has 1 saturated heterocycles. The lowest BCUT2D eigenvalue weighted by Crippen LogP contribution is -2.53. The van der Waals surface area contributed by atoms with Gasteiger partial charge in [0.1, 0.15) is 11.6 Å². The van der Waals surface area contributed by atoms with E-state index in [0.29, 0.717) is 18.9 Å². The largest absolute Gasteiger partial charge is 0.481 e. The van der Waals surface area contributed by atoms with Gasteiger partial charge in [-0.15, -0.1) is 0 Å². The number of benzene rings is 1. The highest BCUT2D eigenvalue weighted by molar-refractivity contribution is 6.45. The molecule has 2 atom stereocenters. The summed E-state index contributed by atoms with van der Waals surface area (Å²) in [6.07, 6.45) is -0.338. The fraction of sp³-hybridized carbons (Fsp3) is 0.429. The number of aliphatic carboxylic acids is 1. The van der Waals surface area contributed by atoms with Crippen LogP contribution in [0, 0.1) is 11.6 Å². The molecule has 0 radical (unpaired) electrons. The predicted molar refractivity (Wildman–Crippen MR) is 76.3 cm³/mol. The summed E-state index contributed by atoms with van der Waals surface area (Å²) in [5.74, 6) is -3.78. The van der Waals surface area contributed by atoms with Gasteiger partial charge in [-0.25, -0.2) is 8.78 Å². The Bertz CT molecular complexity index is 580. The van der Waals surface area contributed by atoms with Crippen LogP contribution in [0.5, 0.6) is 0 Å². The SMILES string of the molecule is O=C(O)C[C@@H]1CC[C@H](NC(=O)Cc2cc(F)cc(F)c2)B(O)O1. The van der Waals surface area contributed by atoms with Crippen LogP contribution in [0.3, 0.4) is 0 Å². The molecule has 0 unspecified atom stereocenters. The Morgan fingerprint density at radius 1 is 1.26 bits per heavy atom. The monoisotopic (exact) mass is 327 g/mol. The summed E-state index contributed by atoms with van der Waals surface area (Å²) in [6.45, 7) is 0. The quantitative estimate of drug-likeness (QED) is 0.691. The Morgan fingerprint density at radius 2 is 1.91 bits per heavy atom. The second-order valence-corrected chi connectivity index (χ2v) is 5.45. The maximum Gasteiger partial charge on any atom is 0.478 e. The average Bonchev–Trinajstić information content (AvgIpc) is 2.40. The zero-order chi connectivity index (χ0) is 17.0. The first kappa shape index (κ1) is 17.4. The van der Waals surface area contributed by atoms with Gasteiger partial charge in [0.2, 0.25) is 5.91 Å². The highest BCUT2D eigenvalue weighted by Crippen LogP contribution is 2.19. The summed E-state index contributed by atoms with van der Waals surface area (Å²) in [6, 6.07) is 2.82. The number of carboxylic acids is 1. The van der Waals surface area contributed by atoms with Crippen LogP contribution in [-0.2, 0) is 20.7 Å². The third-order valence-corrected chi connectivity index (χ3v) is 3.51. The summed E-state index contributed by atoms with van der Waals surface area (Å²) in [5.41, 5.74) is 0.176. The summed E-state index contributed by atoms with van der Waals surface area (Å²) in [4.78, 5) is 22.5. The van der Waals surface area contributed by atoms with E-state index in [0.717, 1.165) is 12.1 Å². The van der Waals surface area contributed by atoms with E-state index in [1.165, 1.54) is 0 Å². The second kappa shape index (κ2) is 7.52. The van der Waals surface area contributed by atoms with Gasteiger partial charge in [-0.05, 0) is 30.5 Å². The van der Waals surface area contributed by atoms with E-state index in [9.17, 15) is 23.4 Å². The van der Waals surface area contributed by atoms with Crippen molar-refractivity contribution in [3.63, 3.8) is 0 Å². The molecule has 1 aliphatic heterocycles. The van der Waals surface area contributed by atoms with Gasteiger partial charge in [0.15, 0.2) is 0 Å². The van der Waals surface area contributed by atoms with Crippen LogP contribution in [0.1, 0.15) is 24.8 Å². The van der Waals surface area contributed by atoms with Gasteiger partial charge in [0, 0.05) is 6.07 Å². The van der Waals surface area contributed by atoms with Gasteiger partial charge in [-0.1, -0.05) is 0 Å². The van der Waals surface area contributed by atoms with E-state index in [4.69, 9.17) is 9.76 Å². The number of carbonyl (C=O) groups excluding carboxylic acids is 1. The molecule has 0 aliphatic carbocycles. The fourth-order valence-corrected chi connectivity index (χ4v) is 2.51. The first-order valence-corrected chi connectivity index (χ1v) is 7.13. The molecule has 0 spiro atoms. The normalized spacial score (nSPS) is 21.1.